The minimum Gasteiger partial charge on any atom is -0.488 e. The first-order valence-corrected chi connectivity index (χ1v) is 10.1. The SMILES string of the molecule is Cl.Cn1nnnc1SCCNCc1cc(Br)ccc1OCc1ccccc1F. The lowest BCUT2D eigenvalue weighted by Gasteiger charge is -2.13. The zero-order valence-corrected chi connectivity index (χ0v) is 18.4. The van der Waals surface area contributed by atoms with Crippen molar-refractivity contribution < 1.29 is 9.13 Å². The zero-order chi connectivity index (χ0) is 19.1. The third-order valence-corrected chi connectivity index (χ3v) is 5.28. The Bertz CT molecular complexity index is 898. The first-order chi connectivity index (χ1) is 13.1. The molecule has 1 heterocycles. The van der Waals surface area contributed by atoms with Crippen LogP contribution in [-0.2, 0) is 20.2 Å². The van der Waals surface area contributed by atoms with Crippen LogP contribution in [0.1, 0.15) is 11.1 Å². The Hall–Kier alpha value is -1.68. The van der Waals surface area contributed by atoms with Gasteiger partial charge in [-0.3, -0.25) is 0 Å². The number of nitrogens with zero attached hydrogens (tertiary/aromatic N) is 4. The monoisotopic (exact) mass is 487 g/mol. The number of aryl methyl sites for hydroxylation is 1. The van der Waals surface area contributed by atoms with E-state index >= 15 is 0 Å². The topological polar surface area (TPSA) is 64.9 Å². The Morgan fingerprint density at radius 1 is 1.21 bits per heavy atom. The van der Waals surface area contributed by atoms with Crippen LogP contribution in [0.3, 0.4) is 0 Å². The first-order valence-electron chi connectivity index (χ1n) is 8.34. The Balaban J connectivity index is 0.00000280. The third-order valence-electron chi connectivity index (χ3n) is 3.77. The largest absolute Gasteiger partial charge is 0.488 e. The lowest BCUT2D eigenvalue weighted by Crippen LogP contribution is -2.17. The van der Waals surface area contributed by atoms with Crippen molar-refractivity contribution in [3.63, 3.8) is 0 Å². The number of aromatic nitrogens is 4. The molecule has 0 saturated carbocycles. The molecule has 0 aliphatic rings. The molecule has 0 atom stereocenters. The van der Waals surface area contributed by atoms with Gasteiger partial charge in [0.05, 0.1) is 0 Å². The molecule has 10 heteroatoms. The molecule has 150 valence electrons. The van der Waals surface area contributed by atoms with Crippen molar-refractivity contribution in [1.82, 2.24) is 25.5 Å². The molecule has 3 rings (SSSR count). The van der Waals surface area contributed by atoms with E-state index in [1.165, 1.54) is 6.07 Å². The molecule has 2 aromatic carbocycles. The third kappa shape index (κ3) is 6.44. The summed E-state index contributed by atoms with van der Waals surface area (Å²) in [6.07, 6.45) is 0. The van der Waals surface area contributed by atoms with Crippen LogP contribution in [0, 0.1) is 5.82 Å². The highest BCUT2D eigenvalue weighted by atomic mass is 79.9. The first kappa shape index (κ1) is 22.6. The van der Waals surface area contributed by atoms with Gasteiger partial charge in [0, 0.05) is 41.5 Å². The lowest BCUT2D eigenvalue weighted by atomic mass is 10.2. The summed E-state index contributed by atoms with van der Waals surface area (Å²) in [7, 11) is 1.82. The maximum Gasteiger partial charge on any atom is 0.209 e. The van der Waals surface area contributed by atoms with Crippen molar-refractivity contribution in [3.05, 3.63) is 63.9 Å². The van der Waals surface area contributed by atoms with Crippen molar-refractivity contribution in [1.29, 1.82) is 0 Å². The van der Waals surface area contributed by atoms with E-state index in [9.17, 15) is 4.39 Å². The highest BCUT2D eigenvalue weighted by molar-refractivity contribution is 9.10. The minimum absolute atomic E-state index is 0. The van der Waals surface area contributed by atoms with E-state index in [1.807, 2.05) is 25.2 Å². The van der Waals surface area contributed by atoms with Gasteiger partial charge in [-0.1, -0.05) is 45.9 Å². The smallest absolute Gasteiger partial charge is 0.209 e. The highest BCUT2D eigenvalue weighted by Gasteiger charge is 2.08. The van der Waals surface area contributed by atoms with Crippen molar-refractivity contribution >= 4 is 40.1 Å². The number of tetrazole rings is 1. The van der Waals surface area contributed by atoms with Gasteiger partial charge in [0.15, 0.2) is 0 Å². The van der Waals surface area contributed by atoms with Crippen LogP contribution < -0.4 is 10.1 Å². The molecule has 3 aromatic rings. The molecule has 0 spiro atoms. The van der Waals surface area contributed by atoms with E-state index in [2.05, 4.69) is 36.8 Å². The van der Waals surface area contributed by atoms with Crippen LogP contribution in [-0.4, -0.2) is 32.5 Å². The normalized spacial score (nSPS) is 10.5. The summed E-state index contributed by atoms with van der Waals surface area (Å²) in [5, 5.41) is 15.5. The minimum atomic E-state index is -0.260. The number of hydrogen-bond acceptors (Lipinski definition) is 6. The molecule has 1 aromatic heterocycles. The number of thioether (sulfide) groups is 1. The number of nitrogens with one attached hydrogen (secondary N) is 1. The molecule has 0 unspecified atom stereocenters. The maximum atomic E-state index is 13.8. The molecule has 0 amide bonds. The van der Waals surface area contributed by atoms with Crippen molar-refractivity contribution in [2.45, 2.75) is 18.3 Å². The summed E-state index contributed by atoms with van der Waals surface area (Å²) >= 11 is 5.08. The van der Waals surface area contributed by atoms with Gasteiger partial charge >= 0.3 is 0 Å². The summed E-state index contributed by atoms with van der Waals surface area (Å²) < 4.78 is 22.2. The van der Waals surface area contributed by atoms with Gasteiger partial charge < -0.3 is 10.1 Å². The van der Waals surface area contributed by atoms with Crippen LogP contribution in [0.2, 0.25) is 0 Å². The Morgan fingerprint density at radius 2 is 2.04 bits per heavy atom. The molecule has 0 aliphatic carbocycles. The molecule has 0 fully saturated rings. The van der Waals surface area contributed by atoms with E-state index in [0.717, 1.165) is 33.2 Å². The number of hydrogen-bond donors (Lipinski definition) is 1. The average Bonchev–Trinajstić information content (AvgIpc) is 3.07. The van der Waals surface area contributed by atoms with Gasteiger partial charge in [0.2, 0.25) is 5.16 Å². The molecule has 6 nitrogen and oxygen atoms in total. The predicted octanol–water partition coefficient (Wildman–Crippen LogP) is 3.99. The van der Waals surface area contributed by atoms with Crippen LogP contribution in [0.25, 0.3) is 0 Å². The number of rotatable bonds is 9. The number of ether oxygens (including phenoxy) is 1. The zero-order valence-electron chi connectivity index (χ0n) is 15.1. The van der Waals surface area contributed by atoms with Gasteiger partial charge in [-0.25, -0.2) is 9.07 Å². The van der Waals surface area contributed by atoms with Crippen LogP contribution in [0.4, 0.5) is 4.39 Å². The molecular formula is C18H20BrClFN5OS. The van der Waals surface area contributed by atoms with Crippen molar-refractivity contribution in [2.75, 3.05) is 12.3 Å². The fraction of sp³-hybridized carbons (Fsp3) is 0.278. The standard InChI is InChI=1S/C18H19BrFN5OS.ClH/c1-25-18(22-23-24-25)27-9-8-21-11-14-10-15(19)6-7-17(14)26-12-13-4-2-3-5-16(13)20;/h2-7,10,21H,8-9,11-12H2,1H3;1H. The van der Waals surface area contributed by atoms with Crippen molar-refractivity contribution in [2.24, 2.45) is 7.05 Å². The average molecular weight is 489 g/mol. The fourth-order valence-corrected chi connectivity index (χ4v) is 3.53. The quantitative estimate of drug-likeness (QED) is 0.363. The van der Waals surface area contributed by atoms with Crippen LogP contribution >= 0.6 is 40.1 Å². The second-order valence-electron chi connectivity index (χ2n) is 5.74. The number of halogens is 3. The maximum absolute atomic E-state index is 13.8. The van der Waals surface area contributed by atoms with E-state index < -0.39 is 0 Å². The highest BCUT2D eigenvalue weighted by Crippen LogP contribution is 2.24. The summed E-state index contributed by atoms with van der Waals surface area (Å²) in [5.41, 5.74) is 1.54. The second kappa shape index (κ2) is 11.4. The number of benzene rings is 2. The van der Waals surface area contributed by atoms with Gasteiger partial charge in [0.25, 0.3) is 0 Å². The fourth-order valence-electron chi connectivity index (χ4n) is 2.38. The molecule has 0 saturated heterocycles. The van der Waals surface area contributed by atoms with E-state index in [4.69, 9.17) is 4.74 Å². The molecule has 0 aliphatic heterocycles. The van der Waals surface area contributed by atoms with Crippen molar-refractivity contribution in [3.8, 4) is 5.75 Å². The summed E-state index contributed by atoms with van der Waals surface area (Å²) in [6, 6.07) is 12.4. The predicted molar refractivity (Wildman–Crippen MR) is 113 cm³/mol. The van der Waals surface area contributed by atoms with E-state index in [1.54, 1.807) is 34.6 Å². The molecule has 1 N–H and O–H groups in total. The van der Waals surface area contributed by atoms with Crippen LogP contribution in [0.15, 0.2) is 52.1 Å². The van der Waals surface area contributed by atoms with Gasteiger partial charge in [-0.2, -0.15) is 0 Å². The summed E-state index contributed by atoms with van der Waals surface area (Å²) in [4.78, 5) is 0. The lowest BCUT2D eigenvalue weighted by molar-refractivity contribution is 0.296. The van der Waals surface area contributed by atoms with Crippen LogP contribution in [0.5, 0.6) is 5.75 Å². The van der Waals surface area contributed by atoms with E-state index in [-0.39, 0.29) is 24.8 Å². The summed E-state index contributed by atoms with van der Waals surface area (Å²) in [6.45, 7) is 1.62. The van der Waals surface area contributed by atoms with Gasteiger partial charge in [-0.15, -0.1) is 17.5 Å². The Kier molecular flexibility index (Phi) is 9.17. The van der Waals surface area contributed by atoms with Gasteiger partial charge in [0.1, 0.15) is 18.2 Å². The second-order valence-corrected chi connectivity index (χ2v) is 7.72. The Labute approximate surface area is 181 Å². The molecule has 28 heavy (non-hydrogen) atoms. The van der Waals surface area contributed by atoms with Gasteiger partial charge in [-0.05, 0) is 34.7 Å². The molecule has 0 radical (unpaired) electrons. The molecule has 0 bridgehead atoms. The molecular weight excluding hydrogens is 469 g/mol. The Morgan fingerprint density at radius 3 is 2.79 bits per heavy atom. The van der Waals surface area contributed by atoms with E-state index in [0.29, 0.717) is 12.1 Å². The summed E-state index contributed by atoms with van der Waals surface area (Å²) in [5.74, 6) is 1.32.